The number of carbonyl (C=O) groups is 3. The molecule has 2 saturated carbocycles. The molecule has 174 valence electrons. The highest BCUT2D eigenvalue weighted by molar-refractivity contribution is 6.53. The Hall–Kier alpha value is -1.66. The summed E-state index contributed by atoms with van der Waals surface area (Å²) >= 11 is 24.8. The molecular formula is C24H20Cl4FNO3. The zero-order valence-electron chi connectivity index (χ0n) is 17.3. The maximum atomic E-state index is 13.5. The predicted molar refractivity (Wildman–Crippen MR) is 128 cm³/mol. The maximum absolute atomic E-state index is 13.5. The largest absolute Gasteiger partial charge is 0.326 e. The molecule has 0 spiro atoms. The summed E-state index contributed by atoms with van der Waals surface area (Å²) in [7, 11) is 0. The summed E-state index contributed by atoms with van der Waals surface area (Å²) in [5.74, 6) is -2.10. The number of hydrogen-bond acceptors (Lipinski definition) is 3. The van der Waals surface area contributed by atoms with Crippen LogP contribution in [0.15, 0.2) is 36.4 Å². The van der Waals surface area contributed by atoms with Gasteiger partial charge >= 0.3 is 0 Å². The number of hydrogen-bond donors (Lipinski definition) is 1. The van der Waals surface area contributed by atoms with E-state index in [-0.39, 0.29) is 22.5 Å². The van der Waals surface area contributed by atoms with Crippen LogP contribution in [0, 0.1) is 17.7 Å². The lowest BCUT2D eigenvalue weighted by Crippen LogP contribution is -2.18. The average molecular weight is 531 g/mol. The number of nitrogens with one attached hydrogen (secondary N) is 1. The number of Topliss-reactive ketones (excluding diaryl/α,β-unsaturated/α-hetero) is 2. The van der Waals surface area contributed by atoms with Gasteiger partial charge in [-0.3, -0.25) is 14.4 Å². The monoisotopic (exact) mass is 529 g/mol. The number of anilines is 1. The van der Waals surface area contributed by atoms with E-state index in [0.29, 0.717) is 53.9 Å². The zero-order chi connectivity index (χ0) is 23.9. The summed E-state index contributed by atoms with van der Waals surface area (Å²) in [6.45, 7) is 0. The molecule has 0 heterocycles. The van der Waals surface area contributed by atoms with Crippen LogP contribution in [0.4, 0.5) is 10.1 Å². The molecule has 33 heavy (non-hydrogen) atoms. The van der Waals surface area contributed by atoms with Crippen molar-refractivity contribution in [3.63, 3.8) is 0 Å². The highest BCUT2D eigenvalue weighted by atomic mass is 35.5. The van der Waals surface area contributed by atoms with Crippen LogP contribution in [0.25, 0.3) is 0 Å². The van der Waals surface area contributed by atoms with Gasteiger partial charge in [-0.2, -0.15) is 0 Å². The summed E-state index contributed by atoms with van der Waals surface area (Å²) in [4.78, 5) is 37.2. The number of amides is 1. The first-order valence-electron chi connectivity index (χ1n) is 10.6. The molecule has 2 unspecified atom stereocenters. The molecule has 0 radical (unpaired) electrons. The van der Waals surface area contributed by atoms with E-state index in [2.05, 4.69) is 5.32 Å². The molecule has 1 N–H and O–H groups in total. The van der Waals surface area contributed by atoms with Crippen molar-refractivity contribution in [2.45, 2.75) is 42.4 Å². The average Bonchev–Trinajstić information content (AvgIpc) is 3.35. The minimum Gasteiger partial charge on any atom is -0.326 e. The van der Waals surface area contributed by atoms with E-state index < -0.39 is 27.9 Å². The van der Waals surface area contributed by atoms with Crippen molar-refractivity contribution in [1.29, 1.82) is 0 Å². The van der Waals surface area contributed by atoms with Crippen LogP contribution in [0.1, 0.15) is 53.9 Å². The number of ketones is 2. The van der Waals surface area contributed by atoms with Crippen molar-refractivity contribution < 1.29 is 18.8 Å². The fourth-order valence-electron chi connectivity index (χ4n) is 4.39. The van der Waals surface area contributed by atoms with E-state index in [4.69, 9.17) is 46.4 Å². The Morgan fingerprint density at radius 1 is 1.03 bits per heavy atom. The van der Waals surface area contributed by atoms with Gasteiger partial charge in [0, 0.05) is 36.4 Å². The van der Waals surface area contributed by atoms with Crippen LogP contribution in [0.5, 0.6) is 0 Å². The molecule has 2 aromatic rings. The van der Waals surface area contributed by atoms with Gasteiger partial charge in [0.15, 0.2) is 5.78 Å². The van der Waals surface area contributed by atoms with Crippen molar-refractivity contribution in [3.05, 3.63) is 63.4 Å². The van der Waals surface area contributed by atoms with Crippen molar-refractivity contribution in [3.8, 4) is 0 Å². The van der Waals surface area contributed by atoms with E-state index in [9.17, 15) is 18.8 Å². The molecule has 0 aromatic heterocycles. The number of alkyl halides is 2. The Balaban J connectivity index is 1.45. The van der Waals surface area contributed by atoms with Crippen LogP contribution < -0.4 is 5.32 Å². The molecule has 0 aliphatic heterocycles. The number of carbonyl (C=O) groups excluding carboxylic acids is 3. The van der Waals surface area contributed by atoms with Gasteiger partial charge in [0.1, 0.15) is 15.9 Å². The van der Waals surface area contributed by atoms with E-state index >= 15 is 0 Å². The molecule has 4 rings (SSSR count). The quantitative estimate of drug-likeness (QED) is 0.323. The highest BCUT2D eigenvalue weighted by Crippen LogP contribution is 2.65. The molecule has 2 atom stereocenters. The first-order valence-corrected chi connectivity index (χ1v) is 12.1. The third kappa shape index (κ3) is 5.22. The topological polar surface area (TPSA) is 63.2 Å². The summed E-state index contributed by atoms with van der Waals surface area (Å²) < 4.78 is 12.1. The van der Waals surface area contributed by atoms with Gasteiger partial charge in [-0.25, -0.2) is 4.39 Å². The van der Waals surface area contributed by atoms with E-state index in [1.807, 2.05) is 0 Å². The van der Waals surface area contributed by atoms with Crippen molar-refractivity contribution in [2.75, 3.05) is 5.32 Å². The van der Waals surface area contributed by atoms with Crippen LogP contribution in [0.3, 0.4) is 0 Å². The highest BCUT2D eigenvalue weighted by Gasteiger charge is 2.67. The van der Waals surface area contributed by atoms with Gasteiger partial charge in [0.25, 0.3) is 0 Å². The predicted octanol–water partition coefficient (Wildman–Crippen LogP) is 6.99. The lowest BCUT2D eigenvalue weighted by molar-refractivity contribution is -0.121. The number of benzene rings is 2. The van der Waals surface area contributed by atoms with Crippen LogP contribution in [0.2, 0.25) is 10.0 Å². The van der Waals surface area contributed by atoms with E-state index in [0.717, 1.165) is 0 Å². The maximum Gasteiger partial charge on any atom is 0.231 e. The summed E-state index contributed by atoms with van der Waals surface area (Å²) in [5.41, 5.74) is 1.26. The molecule has 2 aliphatic carbocycles. The van der Waals surface area contributed by atoms with Crippen LogP contribution >= 0.6 is 46.4 Å². The van der Waals surface area contributed by atoms with Crippen molar-refractivity contribution in [2.24, 2.45) is 11.8 Å². The van der Waals surface area contributed by atoms with Gasteiger partial charge < -0.3 is 5.32 Å². The number of rotatable bonds is 6. The van der Waals surface area contributed by atoms with Gasteiger partial charge in [-0.1, -0.05) is 29.3 Å². The lowest BCUT2D eigenvalue weighted by atomic mass is 9.84. The fraction of sp³-hybridized carbons (Fsp3) is 0.375. The van der Waals surface area contributed by atoms with Gasteiger partial charge in [-0.05, 0) is 54.7 Å². The Morgan fingerprint density at radius 2 is 1.73 bits per heavy atom. The molecule has 2 aliphatic rings. The number of halogens is 5. The van der Waals surface area contributed by atoms with Crippen LogP contribution in [-0.2, 0) is 9.59 Å². The molecule has 2 fully saturated rings. The normalized spacial score (nSPS) is 22.2. The van der Waals surface area contributed by atoms with Gasteiger partial charge in [-0.15, -0.1) is 23.2 Å². The van der Waals surface area contributed by atoms with E-state index in [1.165, 1.54) is 24.3 Å². The van der Waals surface area contributed by atoms with Crippen molar-refractivity contribution in [1.82, 2.24) is 0 Å². The van der Waals surface area contributed by atoms with Crippen LogP contribution in [-0.4, -0.2) is 21.8 Å². The minimum absolute atomic E-state index is 0.0779. The smallest absolute Gasteiger partial charge is 0.231 e. The molecule has 0 saturated heterocycles. The third-order valence-corrected chi connectivity index (χ3v) is 7.87. The summed E-state index contributed by atoms with van der Waals surface area (Å²) in [6.07, 6.45) is 2.70. The second kappa shape index (κ2) is 9.53. The first-order chi connectivity index (χ1) is 15.6. The molecule has 2 aromatic carbocycles. The van der Waals surface area contributed by atoms with Gasteiger partial charge in [0.05, 0.1) is 16.0 Å². The molecular weight excluding hydrogens is 511 g/mol. The molecule has 4 nitrogen and oxygen atoms in total. The first kappa shape index (κ1) is 24.5. The third-order valence-electron chi connectivity index (χ3n) is 6.31. The van der Waals surface area contributed by atoms with E-state index in [1.54, 1.807) is 12.1 Å². The summed E-state index contributed by atoms with van der Waals surface area (Å²) in [6, 6.07) is 8.78. The fourth-order valence-corrected chi connectivity index (χ4v) is 5.63. The Bertz CT molecular complexity index is 1130. The standard InChI is InChI=1S/C24H20Cl4FNO3/c25-17-7-4-14(11-16(17)20(32)9-12-1-5-15(31)6-2-12)30-23(33)22-21(24(22,27)28)13-3-8-19(29)18(26)10-13/h3-4,7-8,10-12,21-22H,1-2,5-6,9H2,(H,30,33). The summed E-state index contributed by atoms with van der Waals surface area (Å²) in [5, 5.41) is 2.96. The molecule has 9 heteroatoms. The Morgan fingerprint density at radius 3 is 2.39 bits per heavy atom. The SMILES string of the molecule is O=C1CCC(CC(=O)c2cc(NC(=O)C3C(c4ccc(F)c(Cl)c4)C3(Cl)Cl)ccc2Cl)CC1. The Labute approximate surface area is 210 Å². The lowest BCUT2D eigenvalue weighted by Gasteiger charge is -2.20. The minimum atomic E-state index is -1.37. The molecule has 0 bridgehead atoms. The van der Waals surface area contributed by atoms with Crippen molar-refractivity contribution >= 4 is 69.6 Å². The zero-order valence-corrected chi connectivity index (χ0v) is 20.4. The molecule has 1 amide bonds. The second-order valence-electron chi connectivity index (χ2n) is 8.60. The van der Waals surface area contributed by atoms with Gasteiger partial charge in [0.2, 0.25) is 5.91 Å². The second-order valence-corrected chi connectivity index (χ2v) is 10.9. The Kier molecular flexibility index (Phi) is 7.07.